The van der Waals surface area contributed by atoms with E-state index in [-0.39, 0.29) is 26.3 Å². The van der Waals surface area contributed by atoms with Gasteiger partial charge in [-0.3, -0.25) is 0 Å². The SMILES string of the molecule is COCCN(CCO)C(=O)N[C@H](C(=O)O)[C@@H](C)O. The first-order chi connectivity index (χ1) is 8.43. The molecule has 0 saturated carbocycles. The number of carbonyl (C=O) groups is 2. The van der Waals surface area contributed by atoms with E-state index in [9.17, 15) is 14.7 Å². The first-order valence-corrected chi connectivity index (χ1v) is 5.50. The van der Waals surface area contributed by atoms with Gasteiger partial charge in [-0.25, -0.2) is 9.59 Å². The summed E-state index contributed by atoms with van der Waals surface area (Å²) in [5, 5.41) is 29.0. The predicted molar refractivity (Wildman–Crippen MR) is 62.2 cm³/mol. The van der Waals surface area contributed by atoms with Gasteiger partial charge in [-0.2, -0.15) is 0 Å². The molecule has 4 N–H and O–H groups in total. The van der Waals surface area contributed by atoms with Crippen LogP contribution in [0.15, 0.2) is 0 Å². The molecule has 0 aliphatic rings. The van der Waals surface area contributed by atoms with Crippen LogP contribution in [0.5, 0.6) is 0 Å². The van der Waals surface area contributed by atoms with E-state index in [0.29, 0.717) is 0 Å². The highest BCUT2D eigenvalue weighted by molar-refractivity contribution is 5.83. The Balaban J connectivity index is 4.50. The second kappa shape index (κ2) is 8.67. The van der Waals surface area contributed by atoms with Gasteiger partial charge in [-0.15, -0.1) is 0 Å². The normalized spacial score (nSPS) is 13.8. The van der Waals surface area contributed by atoms with Crippen molar-refractivity contribution in [2.75, 3.05) is 33.4 Å². The molecule has 0 spiro atoms. The molecule has 2 amide bonds. The first kappa shape index (κ1) is 16.6. The van der Waals surface area contributed by atoms with E-state index in [1.165, 1.54) is 18.9 Å². The average Bonchev–Trinajstić information content (AvgIpc) is 2.30. The van der Waals surface area contributed by atoms with Crippen LogP contribution in [0, 0.1) is 0 Å². The lowest BCUT2D eigenvalue weighted by Gasteiger charge is -2.25. The molecule has 18 heavy (non-hydrogen) atoms. The zero-order chi connectivity index (χ0) is 14.1. The smallest absolute Gasteiger partial charge is 0.328 e. The number of hydrogen-bond acceptors (Lipinski definition) is 5. The molecule has 106 valence electrons. The molecule has 8 nitrogen and oxygen atoms in total. The summed E-state index contributed by atoms with van der Waals surface area (Å²) >= 11 is 0. The van der Waals surface area contributed by atoms with Gasteiger partial charge in [0.25, 0.3) is 0 Å². The summed E-state index contributed by atoms with van der Waals surface area (Å²) in [7, 11) is 1.46. The largest absolute Gasteiger partial charge is 0.480 e. The van der Waals surface area contributed by atoms with E-state index < -0.39 is 24.1 Å². The number of hydrogen-bond donors (Lipinski definition) is 4. The Bertz CT molecular complexity index is 271. The first-order valence-electron chi connectivity index (χ1n) is 5.50. The molecule has 0 heterocycles. The van der Waals surface area contributed by atoms with Crippen LogP contribution in [0.3, 0.4) is 0 Å². The quantitative estimate of drug-likeness (QED) is 0.422. The van der Waals surface area contributed by atoms with Crippen LogP contribution in [0.25, 0.3) is 0 Å². The highest BCUT2D eigenvalue weighted by Crippen LogP contribution is 1.97. The van der Waals surface area contributed by atoms with Crippen LogP contribution in [0.2, 0.25) is 0 Å². The van der Waals surface area contributed by atoms with Crippen molar-refractivity contribution in [2.24, 2.45) is 0 Å². The number of nitrogens with one attached hydrogen (secondary N) is 1. The highest BCUT2D eigenvalue weighted by Gasteiger charge is 2.26. The third kappa shape index (κ3) is 5.80. The van der Waals surface area contributed by atoms with Gasteiger partial charge in [0, 0.05) is 20.2 Å². The van der Waals surface area contributed by atoms with Crippen molar-refractivity contribution < 1.29 is 29.6 Å². The minimum absolute atomic E-state index is 0.0569. The van der Waals surface area contributed by atoms with E-state index in [1.807, 2.05) is 0 Å². The van der Waals surface area contributed by atoms with Crippen LogP contribution in [-0.4, -0.2) is 77.8 Å². The van der Waals surface area contributed by atoms with Gasteiger partial charge in [-0.05, 0) is 6.92 Å². The Hall–Kier alpha value is -1.38. The molecular formula is C10H20N2O6. The maximum Gasteiger partial charge on any atom is 0.328 e. The molecular weight excluding hydrogens is 244 g/mol. The van der Waals surface area contributed by atoms with Crippen LogP contribution in [0.4, 0.5) is 4.79 Å². The molecule has 2 atom stereocenters. The van der Waals surface area contributed by atoms with Crippen molar-refractivity contribution in [1.82, 2.24) is 10.2 Å². The second-order valence-electron chi connectivity index (χ2n) is 3.71. The molecule has 0 aliphatic carbocycles. The summed E-state index contributed by atoms with van der Waals surface area (Å²) < 4.78 is 4.80. The van der Waals surface area contributed by atoms with Gasteiger partial charge in [0.1, 0.15) is 0 Å². The molecule has 8 heteroatoms. The predicted octanol–water partition coefficient (Wildman–Crippen LogP) is -1.53. The second-order valence-corrected chi connectivity index (χ2v) is 3.71. The van der Waals surface area contributed by atoms with Crippen molar-refractivity contribution in [3.63, 3.8) is 0 Å². The van der Waals surface area contributed by atoms with Gasteiger partial charge in [0.2, 0.25) is 0 Å². The summed E-state index contributed by atoms with van der Waals surface area (Å²) in [5.74, 6) is -1.32. The molecule has 0 aromatic heterocycles. The van der Waals surface area contributed by atoms with E-state index in [0.717, 1.165) is 0 Å². The van der Waals surface area contributed by atoms with Crippen LogP contribution < -0.4 is 5.32 Å². The van der Waals surface area contributed by atoms with Gasteiger partial charge < -0.3 is 30.3 Å². The molecule has 0 aromatic rings. The maximum atomic E-state index is 11.7. The highest BCUT2D eigenvalue weighted by atomic mass is 16.5. The Morgan fingerprint density at radius 1 is 1.39 bits per heavy atom. The van der Waals surface area contributed by atoms with Gasteiger partial charge in [0.05, 0.1) is 19.3 Å². The van der Waals surface area contributed by atoms with Crippen LogP contribution >= 0.6 is 0 Å². The third-order valence-corrected chi connectivity index (χ3v) is 2.25. The Morgan fingerprint density at radius 2 is 2.00 bits per heavy atom. The summed E-state index contributed by atoms with van der Waals surface area (Å²) in [4.78, 5) is 23.7. The number of carboxylic acid groups (broad SMARTS) is 1. The molecule has 0 bridgehead atoms. The summed E-state index contributed by atoms with van der Waals surface area (Å²) in [5.41, 5.74) is 0. The lowest BCUT2D eigenvalue weighted by atomic mass is 10.2. The number of nitrogens with zero attached hydrogens (tertiary/aromatic N) is 1. The van der Waals surface area contributed by atoms with Crippen molar-refractivity contribution in [2.45, 2.75) is 19.1 Å². The fourth-order valence-corrected chi connectivity index (χ4v) is 1.25. The van der Waals surface area contributed by atoms with Crippen molar-refractivity contribution in [3.05, 3.63) is 0 Å². The molecule has 0 fully saturated rings. The van der Waals surface area contributed by atoms with E-state index in [1.54, 1.807) is 0 Å². The number of aliphatic hydroxyl groups excluding tert-OH is 2. The number of urea groups is 1. The molecule has 0 aromatic carbocycles. The third-order valence-electron chi connectivity index (χ3n) is 2.25. The lowest BCUT2D eigenvalue weighted by Crippen LogP contribution is -2.53. The van der Waals surface area contributed by atoms with E-state index in [2.05, 4.69) is 5.32 Å². The number of methoxy groups -OCH3 is 1. The standard InChI is InChI=1S/C10H20N2O6/c1-7(14)8(9(15)16)11-10(17)12(3-5-13)4-6-18-2/h7-8,13-14H,3-6H2,1-2H3,(H,11,17)(H,15,16)/t7-,8+/m1/s1. The zero-order valence-corrected chi connectivity index (χ0v) is 10.5. The van der Waals surface area contributed by atoms with Gasteiger partial charge in [0.15, 0.2) is 6.04 Å². The van der Waals surface area contributed by atoms with Crippen molar-refractivity contribution >= 4 is 12.0 Å². The fraction of sp³-hybridized carbons (Fsp3) is 0.800. The number of ether oxygens (including phenoxy) is 1. The Labute approximate surface area is 105 Å². The average molecular weight is 264 g/mol. The molecule has 0 aliphatic heterocycles. The van der Waals surface area contributed by atoms with E-state index in [4.69, 9.17) is 14.9 Å². The number of carboxylic acids is 1. The number of rotatable bonds is 8. The number of carbonyl (C=O) groups excluding carboxylic acids is 1. The lowest BCUT2D eigenvalue weighted by molar-refractivity contribution is -0.141. The van der Waals surface area contributed by atoms with Gasteiger partial charge in [-0.1, -0.05) is 0 Å². The molecule has 0 radical (unpaired) electrons. The van der Waals surface area contributed by atoms with E-state index >= 15 is 0 Å². The molecule has 0 unspecified atom stereocenters. The zero-order valence-electron chi connectivity index (χ0n) is 10.5. The van der Waals surface area contributed by atoms with Crippen LogP contribution in [0.1, 0.15) is 6.92 Å². The number of aliphatic carboxylic acids is 1. The Kier molecular flexibility index (Phi) is 8.01. The minimum atomic E-state index is -1.39. The summed E-state index contributed by atoms with van der Waals surface area (Å²) in [6.45, 7) is 1.56. The topological polar surface area (TPSA) is 119 Å². The van der Waals surface area contributed by atoms with Crippen molar-refractivity contribution in [3.8, 4) is 0 Å². The van der Waals surface area contributed by atoms with Crippen molar-refractivity contribution in [1.29, 1.82) is 0 Å². The molecule has 0 rings (SSSR count). The van der Waals surface area contributed by atoms with Gasteiger partial charge >= 0.3 is 12.0 Å². The fourth-order valence-electron chi connectivity index (χ4n) is 1.25. The summed E-state index contributed by atoms with van der Waals surface area (Å²) in [6.07, 6.45) is -1.22. The number of aliphatic hydroxyl groups is 2. The van der Waals surface area contributed by atoms with Crippen LogP contribution in [-0.2, 0) is 9.53 Å². The Morgan fingerprint density at radius 3 is 2.39 bits per heavy atom. The molecule has 0 saturated heterocycles. The monoisotopic (exact) mass is 264 g/mol. The number of amides is 2. The maximum absolute atomic E-state index is 11.7. The minimum Gasteiger partial charge on any atom is -0.480 e. The summed E-state index contributed by atoms with van der Waals surface area (Å²) in [6, 6.07) is -2.06.